The van der Waals surface area contributed by atoms with Gasteiger partial charge in [0.1, 0.15) is 0 Å². The summed E-state index contributed by atoms with van der Waals surface area (Å²) in [6.07, 6.45) is 1.80. The zero-order chi connectivity index (χ0) is 14.2. The maximum atomic E-state index is 10.9. The molecule has 1 N–H and O–H groups in total. The summed E-state index contributed by atoms with van der Waals surface area (Å²) in [5, 5.41) is 8.94. The Labute approximate surface area is 115 Å². The van der Waals surface area contributed by atoms with Crippen LogP contribution >= 0.6 is 0 Å². The van der Waals surface area contributed by atoms with Gasteiger partial charge in [-0.25, -0.2) is 0 Å². The summed E-state index contributed by atoms with van der Waals surface area (Å²) in [5.74, 6) is -0.801. The van der Waals surface area contributed by atoms with E-state index >= 15 is 0 Å². The number of carboxylic acids is 1. The molecule has 0 bridgehead atoms. The first-order valence-corrected chi connectivity index (χ1v) is 6.90. The summed E-state index contributed by atoms with van der Waals surface area (Å²) in [7, 11) is 2.03. The molecule has 0 aliphatic heterocycles. The van der Waals surface area contributed by atoms with E-state index in [0.29, 0.717) is 0 Å². The molecule has 0 heterocycles. The third-order valence-electron chi connectivity index (χ3n) is 4.54. The summed E-state index contributed by atoms with van der Waals surface area (Å²) in [5.41, 5.74) is 5.46. The van der Waals surface area contributed by atoms with Gasteiger partial charge in [-0.05, 0) is 62.9 Å². The van der Waals surface area contributed by atoms with Crippen LogP contribution in [0.1, 0.15) is 28.7 Å². The predicted molar refractivity (Wildman–Crippen MR) is 76.5 cm³/mol. The summed E-state index contributed by atoms with van der Waals surface area (Å²) < 4.78 is 0. The monoisotopic (exact) mass is 261 g/mol. The van der Waals surface area contributed by atoms with Gasteiger partial charge in [0, 0.05) is 12.6 Å². The van der Waals surface area contributed by atoms with Crippen molar-refractivity contribution in [3.05, 3.63) is 34.4 Å². The maximum absolute atomic E-state index is 10.9. The molecule has 0 saturated heterocycles. The van der Waals surface area contributed by atoms with Crippen molar-refractivity contribution in [2.75, 3.05) is 13.6 Å². The van der Waals surface area contributed by atoms with E-state index < -0.39 is 5.97 Å². The fourth-order valence-electron chi connectivity index (χ4n) is 2.68. The third-order valence-corrected chi connectivity index (χ3v) is 4.54. The van der Waals surface area contributed by atoms with Crippen molar-refractivity contribution in [1.29, 1.82) is 0 Å². The molecule has 1 aromatic carbocycles. The van der Waals surface area contributed by atoms with E-state index in [1.807, 2.05) is 7.05 Å². The molecule has 2 rings (SSSR count). The summed E-state index contributed by atoms with van der Waals surface area (Å²) >= 11 is 0. The Kier molecular flexibility index (Phi) is 3.95. The molecule has 19 heavy (non-hydrogen) atoms. The molecule has 0 radical (unpaired) electrons. The van der Waals surface area contributed by atoms with Crippen LogP contribution < -0.4 is 0 Å². The highest BCUT2D eigenvalue weighted by Gasteiger charge is 2.45. The quantitative estimate of drug-likeness (QED) is 0.885. The van der Waals surface area contributed by atoms with Gasteiger partial charge in [0.05, 0.1) is 5.92 Å². The van der Waals surface area contributed by atoms with Crippen molar-refractivity contribution < 1.29 is 9.90 Å². The lowest BCUT2D eigenvalue weighted by Gasteiger charge is -2.18. The lowest BCUT2D eigenvalue weighted by Crippen LogP contribution is -2.26. The third kappa shape index (κ3) is 2.98. The highest BCUT2D eigenvalue weighted by Crippen LogP contribution is 2.35. The van der Waals surface area contributed by atoms with Gasteiger partial charge in [-0.3, -0.25) is 4.79 Å². The highest BCUT2D eigenvalue weighted by molar-refractivity contribution is 5.74. The lowest BCUT2D eigenvalue weighted by molar-refractivity contribution is -0.138. The van der Waals surface area contributed by atoms with E-state index in [-0.39, 0.29) is 12.0 Å². The van der Waals surface area contributed by atoms with Gasteiger partial charge in [0.2, 0.25) is 0 Å². The molecule has 1 aliphatic rings. The van der Waals surface area contributed by atoms with Crippen LogP contribution in [0.5, 0.6) is 0 Å². The van der Waals surface area contributed by atoms with E-state index in [1.165, 1.54) is 22.3 Å². The van der Waals surface area contributed by atoms with Crippen LogP contribution in [0.15, 0.2) is 12.1 Å². The Morgan fingerprint density at radius 2 is 2.00 bits per heavy atom. The Bertz CT molecular complexity index is 496. The highest BCUT2D eigenvalue weighted by atomic mass is 16.4. The van der Waals surface area contributed by atoms with Gasteiger partial charge in [-0.1, -0.05) is 12.1 Å². The Balaban J connectivity index is 1.93. The summed E-state index contributed by atoms with van der Waals surface area (Å²) in [6.45, 7) is 7.41. The molecule has 1 aliphatic carbocycles. The molecule has 1 fully saturated rings. The predicted octanol–water partition coefficient (Wildman–Crippen LogP) is 2.56. The summed E-state index contributed by atoms with van der Waals surface area (Å²) in [4.78, 5) is 13.0. The van der Waals surface area contributed by atoms with E-state index in [4.69, 9.17) is 5.11 Å². The minimum Gasteiger partial charge on any atom is -0.481 e. The van der Waals surface area contributed by atoms with Crippen LogP contribution in [0.25, 0.3) is 0 Å². The molecule has 1 aromatic rings. The number of hydrogen-bond acceptors (Lipinski definition) is 2. The molecular weight excluding hydrogens is 238 g/mol. The van der Waals surface area contributed by atoms with Gasteiger partial charge < -0.3 is 10.0 Å². The van der Waals surface area contributed by atoms with E-state index in [1.54, 1.807) is 0 Å². The van der Waals surface area contributed by atoms with Crippen molar-refractivity contribution in [2.24, 2.45) is 5.92 Å². The molecule has 2 unspecified atom stereocenters. The van der Waals surface area contributed by atoms with Crippen LogP contribution in [0.4, 0.5) is 0 Å². The minimum absolute atomic E-state index is 0.147. The van der Waals surface area contributed by atoms with Gasteiger partial charge in [0.15, 0.2) is 0 Å². The topological polar surface area (TPSA) is 40.5 Å². The Morgan fingerprint density at radius 3 is 2.58 bits per heavy atom. The molecule has 0 amide bonds. The molecule has 0 aromatic heterocycles. The lowest BCUT2D eigenvalue weighted by atomic mass is 9.97. The minimum atomic E-state index is -0.654. The second-order valence-corrected chi connectivity index (χ2v) is 5.77. The molecule has 3 nitrogen and oxygen atoms in total. The fourth-order valence-corrected chi connectivity index (χ4v) is 2.68. The number of benzene rings is 1. The van der Waals surface area contributed by atoms with Crippen LogP contribution in [-0.2, 0) is 11.2 Å². The van der Waals surface area contributed by atoms with Crippen molar-refractivity contribution in [2.45, 2.75) is 39.7 Å². The number of nitrogens with zero attached hydrogens (tertiary/aromatic N) is 1. The Hall–Kier alpha value is -1.35. The Morgan fingerprint density at radius 1 is 1.32 bits per heavy atom. The van der Waals surface area contributed by atoms with Gasteiger partial charge in [0.25, 0.3) is 0 Å². The van der Waals surface area contributed by atoms with Crippen LogP contribution in [0.2, 0.25) is 0 Å². The number of likely N-dealkylation sites (N-methyl/N-ethyl adjacent to an activating group) is 1. The van der Waals surface area contributed by atoms with E-state index in [9.17, 15) is 4.79 Å². The number of aliphatic carboxylic acids is 1. The zero-order valence-electron chi connectivity index (χ0n) is 12.2. The first kappa shape index (κ1) is 14.1. The zero-order valence-corrected chi connectivity index (χ0v) is 12.2. The van der Waals surface area contributed by atoms with Crippen molar-refractivity contribution in [3.8, 4) is 0 Å². The number of rotatable bonds is 5. The second kappa shape index (κ2) is 5.33. The van der Waals surface area contributed by atoms with Gasteiger partial charge in [-0.2, -0.15) is 0 Å². The summed E-state index contributed by atoms with van der Waals surface area (Å²) in [6, 6.07) is 4.62. The number of aryl methyl sites for hydroxylation is 1. The molecule has 2 atom stereocenters. The second-order valence-electron chi connectivity index (χ2n) is 5.77. The number of hydrogen-bond donors (Lipinski definition) is 1. The van der Waals surface area contributed by atoms with E-state index in [0.717, 1.165) is 19.4 Å². The number of carbonyl (C=O) groups is 1. The average molecular weight is 261 g/mol. The average Bonchev–Trinajstić information content (AvgIpc) is 3.15. The molecular formula is C16H23NO2. The van der Waals surface area contributed by atoms with Crippen LogP contribution in [-0.4, -0.2) is 35.6 Å². The first-order valence-electron chi connectivity index (χ1n) is 6.90. The van der Waals surface area contributed by atoms with Crippen LogP contribution in [0.3, 0.4) is 0 Å². The van der Waals surface area contributed by atoms with Crippen molar-refractivity contribution in [3.63, 3.8) is 0 Å². The van der Waals surface area contributed by atoms with Gasteiger partial charge >= 0.3 is 5.97 Å². The largest absolute Gasteiger partial charge is 0.481 e. The normalized spacial score (nSPS) is 21.7. The maximum Gasteiger partial charge on any atom is 0.308 e. The van der Waals surface area contributed by atoms with E-state index in [2.05, 4.69) is 37.8 Å². The smallest absolute Gasteiger partial charge is 0.308 e. The molecule has 0 spiro atoms. The standard InChI is InChI=1S/C16H23NO2/c1-10-5-6-13(12(3)11(10)2)7-8-17(4)15-9-14(15)16(18)19/h5-6,14-15H,7-9H2,1-4H3,(H,18,19). The molecule has 1 saturated carbocycles. The SMILES string of the molecule is Cc1ccc(CCN(C)C2CC2C(=O)O)c(C)c1C. The van der Waals surface area contributed by atoms with Crippen molar-refractivity contribution >= 4 is 5.97 Å². The molecule has 104 valence electrons. The van der Waals surface area contributed by atoms with Crippen LogP contribution in [0, 0.1) is 26.7 Å². The van der Waals surface area contributed by atoms with Gasteiger partial charge in [-0.15, -0.1) is 0 Å². The number of carboxylic acid groups (broad SMARTS) is 1. The van der Waals surface area contributed by atoms with Crippen molar-refractivity contribution in [1.82, 2.24) is 4.90 Å². The fraction of sp³-hybridized carbons (Fsp3) is 0.562. The molecule has 3 heteroatoms. The first-order chi connectivity index (χ1) is 8.91.